The highest BCUT2D eigenvalue weighted by Crippen LogP contribution is 2.32. The number of ether oxygens (including phenoxy) is 5. The molecule has 3 saturated heterocycles. The fourth-order valence-corrected chi connectivity index (χ4v) is 4.02. The van der Waals surface area contributed by atoms with E-state index in [-0.39, 0.29) is 0 Å². The molecule has 0 spiro atoms. The molecule has 3 aliphatic rings. The number of hydrogen-bond donors (Lipinski definition) is 10. The van der Waals surface area contributed by atoms with Crippen LogP contribution in [-0.2, 0) is 23.7 Å². The van der Waals surface area contributed by atoms with Crippen LogP contribution in [0.4, 0.5) is 0 Å². The first kappa shape index (κ1) is 27.0. The summed E-state index contributed by atoms with van der Waals surface area (Å²) in [6, 6.07) is 0. The number of hydrogen-bond acceptors (Lipinski definition) is 15. The fraction of sp³-hybridized carbons (Fsp3) is 1.00. The van der Waals surface area contributed by atoms with E-state index in [1.165, 1.54) is 6.92 Å². The van der Waals surface area contributed by atoms with Gasteiger partial charge in [-0.15, -0.1) is 0 Å². The minimum Gasteiger partial charge on any atom is -0.394 e. The van der Waals surface area contributed by atoms with E-state index in [4.69, 9.17) is 23.7 Å². The molecule has 0 aliphatic carbocycles. The van der Waals surface area contributed by atoms with Crippen molar-refractivity contribution in [2.75, 3.05) is 13.2 Å². The highest BCUT2D eigenvalue weighted by Gasteiger charge is 2.53. The summed E-state index contributed by atoms with van der Waals surface area (Å²) in [5.41, 5.74) is 0. The third-order valence-corrected chi connectivity index (χ3v) is 6.05. The molecule has 0 aromatic heterocycles. The van der Waals surface area contributed by atoms with Crippen LogP contribution in [0.3, 0.4) is 0 Å². The van der Waals surface area contributed by atoms with Crippen LogP contribution in [0.15, 0.2) is 0 Å². The zero-order valence-electron chi connectivity index (χ0n) is 17.6. The van der Waals surface area contributed by atoms with E-state index in [2.05, 4.69) is 0 Å². The number of aliphatic hydroxyl groups excluding tert-OH is 10. The summed E-state index contributed by atoms with van der Waals surface area (Å²) in [5, 5.41) is 99.4. The van der Waals surface area contributed by atoms with Crippen molar-refractivity contribution in [1.29, 1.82) is 0 Å². The Kier molecular flexibility index (Phi) is 8.99. The predicted molar refractivity (Wildman–Crippen MR) is 99.8 cm³/mol. The van der Waals surface area contributed by atoms with Crippen molar-refractivity contribution in [1.82, 2.24) is 0 Å². The van der Waals surface area contributed by atoms with Crippen LogP contribution in [-0.4, -0.2) is 156 Å². The molecule has 3 fully saturated rings. The van der Waals surface area contributed by atoms with Crippen molar-refractivity contribution < 1.29 is 74.7 Å². The van der Waals surface area contributed by atoms with Gasteiger partial charge in [-0.25, -0.2) is 0 Å². The van der Waals surface area contributed by atoms with Gasteiger partial charge in [0.05, 0.1) is 19.3 Å². The zero-order chi connectivity index (χ0) is 24.6. The van der Waals surface area contributed by atoms with E-state index in [9.17, 15) is 51.1 Å². The summed E-state index contributed by atoms with van der Waals surface area (Å²) in [4.78, 5) is 0. The minimum absolute atomic E-state index is 0.715. The van der Waals surface area contributed by atoms with Crippen LogP contribution >= 0.6 is 0 Å². The summed E-state index contributed by atoms with van der Waals surface area (Å²) < 4.78 is 27.0. The number of rotatable bonds is 6. The first-order chi connectivity index (χ1) is 15.5. The lowest BCUT2D eigenvalue weighted by atomic mass is 9.96. The summed E-state index contributed by atoms with van der Waals surface area (Å²) >= 11 is 0. The van der Waals surface area contributed by atoms with Crippen LogP contribution in [0.25, 0.3) is 0 Å². The maximum absolute atomic E-state index is 10.5. The second-order valence-electron chi connectivity index (χ2n) is 8.32. The van der Waals surface area contributed by atoms with Gasteiger partial charge in [-0.1, -0.05) is 0 Å². The van der Waals surface area contributed by atoms with E-state index in [1.807, 2.05) is 0 Å². The van der Waals surface area contributed by atoms with Crippen molar-refractivity contribution >= 4 is 0 Å². The fourth-order valence-electron chi connectivity index (χ4n) is 4.02. The molecular weight excluding hydrogens is 456 g/mol. The first-order valence-corrected chi connectivity index (χ1v) is 10.4. The van der Waals surface area contributed by atoms with Gasteiger partial charge in [-0.05, 0) is 6.92 Å². The molecule has 0 unspecified atom stereocenters. The van der Waals surface area contributed by atoms with Crippen molar-refractivity contribution in [3.63, 3.8) is 0 Å². The van der Waals surface area contributed by atoms with Crippen LogP contribution in [0.5, 0.6) is 0 Å². The van der Waals surface area contributed by atoms with Gasteiger partial charge in [-0.2, -0.15) is 0 Å². The Bertz CT molecular complexity index is 622. The highest BCUT2D eigenvalue weighted by atomic mass is 16.8. The summed E-state index contributed by atoms with van der Waals surface area (Å²) in [6.07, 6.45) is -23.9. The van der Waals surface area contributed by atoms with Crippen LogP contribution < -0.4 is 0 Å². The van der Waals surface area contributed by atoms with Crippen molar-refractivity contribution in [2.45, 2.75) is 99.0 Å². The molecular formula is C18H32O15. The third kappa shape index (κ3) is 5.32. The van der Waals surface area contributed by atoms with Gasteiger partial charge in [0.1, 0.15) is 67.1 Å². The van der Waals surface area contributed by atoms with Gasteiger partial charge >= 0.3 is 0 Å². The Balaban J connectivity index is 1.80. The predicted octanol–water partition coefficient (Wildman–Crippen LogP) is -6.55. The lowest BCUT2D eigenvalue weighted by Gasteiger charge is -2.48. The van der Waals surface area contributed by atoms with Crippen molar-refractivity contribution in [3.05, 3.63) is 0 Å². The molecule has 0 saturated carbocycles. The smallest absolute Gasteiger partial charge is 0.187 e. The average Bonchev–Trinajstić information content (AvgIpc) is 2.79. The Morgan fingerprint density at radius 3 is 1.39 bits per heavy atom. The largest absolute Gasteiger partial charge is 0.394 e. The topological polar surface area (TPSA) is 248 Å². The van der Waals surface area contributed by atoms with E-state index in [0.717, 1.165) is 0 Å². The molecule has 0 bridgehead atoms. The molecule has 15 atom stereocenters. The normalized spacial score (nSPS) is 53.7. The molecule has 15 heteroatoms. The Morgan fingerprint density at radius 2 is 0.970 bits per heavy atom. The van der Waals surface area contributed by atoms with Gasteiger partial charge in [0.2, 0.25) is 0 Å². The molecule has 3 heterocycles. The molecule has 194 valence electrons. The summed E-state index contributed by atoms with van der Waals surface area (Å²) in [7, 11) is 0. The standard InChI is InChI=1S/C18H32O15/c1-4-14(32-17-11(25)9(23)7(21)5(2-19)30-17)15(13(27)16(28)29-4)33-18-12(26)10(24)8(22)6(3-20)31-18/h4-28H,2-3H2,1H3/t4-,5+,6+,7+,8-,9-,10-,11+,12+,13-,14+,15-,16-,17-,18-/m0/s1. The average molecular weight is 488 g/mol. The van der Waals surface area contributed by atoms with Crippen LogP contribution in [0.2, 0.25) is 0 Å². The maximum Gasteiger partial charge on any atom is 0.187 e. The van der Waals surface area contributed by atoms with E-state index >= 15 is 0 Å². The Morgan fingerprint density at radius 1 is 0.545 bits per heavy atom. The maximum atomic E-state index is 10.5. The van der Waals surface area contributed by atoms with Crippen LogP contribution in [0.1, 0.15) is 6.92 Å². The molecule has 15 nitrogen and oxygen atoms in total. The molecule has 10 N–H and O–H groups in total. The monoisotopic (exact) mass is 488 g/mol. The summed E-state index contributed by atoms with van der Waals surface area (Å²) in [5.74, 6) is 0. The Hall–Kier alpha value is -0.600. The molecule has 3 aliphatic heterocycles. The van der Waals surface area contributed by atoms with Gasteiger partial charge in [0.15, 0.2) is 18.9 Å². The van der Waals surface area contributed by atoms with Crippen LogP contribution in [0, 0.1) is 0 Å². The van der Waals surface area contributed by atoms with E-state index < -0.39 is 105 Å². The highest BCUT2D eigenvalue weighted by molar-refractivity contribution is 4.95. The quantitative estimate of drug-likeness (QED) is 0.167. The van der Waals surface area contributed by atoms with Gasteiger partial charge < -0.3 is 74.7 Å². The molecule has 0 aromatic rings. The minimum atomic E-state index is -1.82. The molecule has 0 radical (unpaired) electrons. The zero-order valence-corrected chi connectivity index (χ0v) is 17.6. The summed E-state index contributed by atoms with van der Waals surface area (Å²) in [6.45, 7) is -0.0357. The SMILES string of the molecule is C[C@@H]1O[C@H](O)[C@@H](O)[C@H](O[C@@H]2O[C@H](CO)[C@H](O)[C@H](O)[C@H]2O)[C@@H]1O[C@@H]1O[C@H](CO)[C@@H](O)[C@H](O)[C@H]1O. The second kappa shape index (κ2) is 11.0. The van der Waals surface area contributed by atoms with E-state index in [1.54, 1.807) is 0 Å². The van der Waals surface area contributed by atoms with Gasteiger partial charge in [0.25, 0.3) is 0 Å². The molecule has 3 rings (SSSR count). The van der Waals surface area contributed by atoms with Crippen molar-refractivity contribution in [2.24, 2.45) is 0 Å². The van der Waals surface area contributed by atoms with E-state index in [0.29, 0.717) is 0 Å². The lowest BCUT2D eigenvalue weighted by molar-refractivity contribution is -0.380. The lowest BCUT2D eigenvalue weighted by Crippen LogP contribution is -2.66. The second-order valence-corrected chi connectivity index (χ2v) is 8.32. The third-order valence-electron chi connectivity index (χ3n) is 6.05. The van der Waals surface area contributed by atoms with Crippen molar-refractivity contribution in [3.8, 4) is 0 Å². The van der Waals surface area contributed by atoms with Gasteiger partial charge in [-0.3, -0.25) is 0 Å². The number of aliphatic hydroxyl groups is 10. The van der Waals surface area contributed by atoms with Gasteiger partial charge in [0, 0.05) is 0 Å². The molecule has 0 amide bonds. The Labute approximate surface area is 187 Å². The molecule has 33 heavy (non-hydrogen) atoms. The first-order valence-electron chi connectivity index (χ1n) is 10.4. The molecule has 0 aromatic carbocycles.